The van der Waals surface area contributed by atoms with Gasteiger partial charge in [-0.1, -0.05) is 39.5 Å². The summed E-state index contributed by atoms with van der Waals surface area (Å²) < 4.78 is 0. The first-order valence-corrected chi connectivity index (χ1v) is 8.51. The van der Waals surface area contributed by atoms with Gasteiger partial charge < -0.3 is 10.2 Å². The van der Waals surface area contributed by atoms with Crippen molar-refractivity contribution in [2.45, 2.75) is 45.8 Å². The maximum Gasteiger partial charge on any atom is 0.156 e. The summed E-state index contributed by atoms with van der Waals surface area (Å²) in [6.07, 6.45) is 2.59. The van der Waals surface area contributed by atoms with Gasteiger partial charge in [0.15, 0.2) is 5.17 Å². The molecule has 4 heteroatoms. The normalized spacial score (nSPS) is 28.7. The summed E-state index contributed by atoms with van der Waals surface area (Å²) in [6, 6.07) is 0. The van der Waals surface area contributed by atoms with Crippen LogP contribution in [0.25, 0.3) is 0 Å². The fourth-order valence-corrected chi connectivity index (χ4v) is 4.27. The molecule has 2 aliphatic heterocycles. The van der Waals surface area contributed by atoms with Gasteiger partial charge >= 0.3 is 0 Å². The third-order valence-electron chi connectivity index (χ3n) is 3.92. The molecule has 2 aliphatic rings. The van der Waals surface area contributed by atoms with Gasteiger partial charge in [-0.15, -0.1) is 0 Å². The van der Waals surface area contributed by atoms with E-state index in [0.717, 1.165) is 19.0 Å². The highest BCUT2D eigenvalue weighted by molar-refractivity contribution is 8.14. The minimum Gasteiger partial charge on any atom is -0.365 e. The van der Waals surface area contributed by atoms with Crippen molar-refractivity contribution < 1.29 is 0 Å². The average Bonchev–Trinajstić information content (AvgIpc) is 2.93. The lowest BCUT2D eigenvalue weighted by Gasteiger charge is -2.21. The summed E-state index contributed by atoms with van der Waals surface area (Å²) in [6.45, 7) is 15.0. The molecule has 110 valence electrons. The topological polar surface area (TPSA) is 27.6 Å². The molecule has 2 heterocycles. The zero-order valence-electron chi connectivity index (χ0n) is 12.9. The SMILES string of the molecule is CCN1CCC(CNC2=NCC(CC(C)(C)C)S2)C1. The van der Waals surface area contributed by atoms with Crippen molar-refractivity contribution in [3.63, 3.8) is 0 Å². The third kappa shape index (κ3) is 4.99. The Kier molecular flexibility index (Phi) is 5.18. The molecule has 19 heavy (non-hydrogen) atoms. The first-order valence-electron chi connectivity index (χ1n) is 7.63. The van der Waals surface area contributed by atoms with E-state index in [9.17, 15) is 0 Å². The predicted octanol–water partition coefficient (Wildman–Crippen LogP) is 2.83. The molecule has 0 spiro atoms. The van der Waals surface area contributed by atoms with Gasteiger partial charge in [-0.3, -0.25) is 4.99 Å². The van der Waals surface area contributed by atoms with Crippen molar-refractivity contribution in [2.24, 2.45) is 16.3 Å². The molecular weight excluding hydrogens is 254 g/mol. The van der Waals surface area contributed by atoms with Crippen LogP contribution < -0.4 is 5.32 Å². The van der Waals surface area contributed by atoms with Crippen molar-refractivity contribution in [3.05, 3.63) is 0 Å². The van der Waals surface area contributed by atoms with Crippen molar-refractivity contribution in [2.75, 3.05) is 32.7 Å². The van der Waals surface area contributed by atoms with Crippen molar-refractivity contribution in [3.8, 4) is 0 Å². The molecule has 1 fully saturated rings. The van der Waals surface area contributed by atoms with Gasteiger partial charge in [0.2, 0.25) is 0 Å². The number of amidine groups is 1. The molecule has 0 saturated carbocycles. The number of hydrogen-bond acceptors (Lipinski definition) is 4. The van der Waals surface area contributed by atoms with Gasteiger partial charge in [-0.25, -0.2) is 0 Å². The summed E-state index contributed by atoms with van der Waals surface area (Å²) >= 11 is 1.95. The second-order valence-electron chi connectivity index (χ2n) is 7.08. The van der Waals surface area contributed by atoms with Gasteiger partial charge in [-0.2, -0.15) is 0 Å². The number of aliphatic imine (C=N–C) groups is 1. The molecule has 2 unspecified atom stereocenters. The number of likely N-dealkylation sites (tertiary alicyclic amines) is 1. The maximum atomic E-state index is 4.66. The molecule has 2 rings (SSSR count). The van der Waals surface area contributed by atoms with Gasteiger partial charge in [0, 0.05) is 18.3 Å². The molecule has 2 atom stereocenters. The van der Waals surface area contributed by atoms with Crippen LogP contribution in [0.4, 0.5) is 0 Å². The molecule has 0 amide bonds. The van der Waals surface area contributed by atoms with Crippen molar-refractivity contribution in [1.82, 2.24) is 10.2 Å². The monoisotopic (exact) mass is 283 g/mol. The fraction of sp³-hybridized carbons (Fsp3) is 0.933. The predicted molar refractivity (Wildman–Crippen MR) is 86.0 cm³/mol. The molecule has 0 aromatic heterocycles. The zero-order chi connectivity index (χ0) is 13.9. The Morgan fingerprint density at radius 3 is 2.84 bits per heavy atom. The fourth-order valence-electron chi connectivity index (χ4n) is 2.90. The summed E-state index contributed by atoms with van der Waals surface area (Å²) in [4.78, 5) is 7.20. The molecule has 1 N–H and O–H groups in total. The van der Waals surface area contributed by atoms with Gasteiger partial charge in [0.25, 0.3) is 0 Å². The lowest BCUT2D eigenvalue weighted by Crippen LogP contribution is -2.29. The van der Waals surface area contributed by atoms with Crippen molar-refractivity contribution in [1.29, 1.82) is 0 Å². The Bertz CT molecular complexity index is 322. The first kappa shape index (κ1) is 15.2. The molecule has 0 aliphatic carbocycles. The zero-order valence-corrected chi connectivity index (χ0v) is 13.7. The standard InChI is InChI=1S/C15H29N3S/c1-5-18-7-6-12(11-18)9-16-14-17-10-13(19-14)8-15(2,3)4/h12-13H,5-11H2,1-4H3,(H,16,17). The summed E-state index contributed by atoms with van der Waals surface area (Å²) in [5.74, 6) is 0.810. The lowest BCUT2D eigenvalue weighted by molar-refractivity contribution is 0.342. The first-order chi connectivity index (χ1) is 8.96. The molecule has 0 aromatic rings. The third-order valence-corrected chi connectivity index (χ3v) is 5.06. The second kappa shape index (κ2) is 6.49. The molecule has 0 aromatic carbocycles. The van der Waals surface area contributed by atoms with E-state index in [-0.39, 0.29) is 0 Å². The highest BCUT2D eigenvalue weighted by atomic mass is 32.2. The summed E-state index contributed by atoms with van der Waals surface area (Å²) in [7, 11) is 0. The van der Waals surface area contributed by atoms with Crippen LogP contribution in [0.1, 0.15) is 40.5 Å². The van der Waals surface area contributed by atoms with Crippen LogP contribution >= 0.6 is 11.8 Å². The van der Waals surface area contributed by atoms with E-state index in [1.54, 1.807) is 0 Å². The van der Waals surface area contributed by atoms with E-state index < -0.39 is 0 Å². The number of thioether (sulfide) groups is 1. The largest absolute Gasteiger partial charge is 0.365 e. The Morgan fingerprint density at radius 2 is 2.21 bits per heavy atom. The van der Waals surface area contributed by atoms with E-state index in [0.29, 0.717) is 10.7 Å². The highest BCUT2D eigenvalue weighted by Crippen LogP contribution is 2.31. The van der Waals surface area contributed by atoms with Gasteiger partial charge in [0.05, 0.1) is 6.54 Å². The molecule has 0 bridgehead atoms. The number of hydrogen-bond donors (Lipinski definition) is 1. The molecule has 1 saturated heterocycles. The second-order valence-corrected chi connectivity index (χ2v) is 8.37. The van der Waals surface area contributed by atoms with Crippen LogP contribution in [-0.4, -0.2) is 48.0 Å². The molecular formula is C15H29N3S. The van der Waals surface area contributed by atoms with Gasteiger partial charge in [-0.05, 0) is 37.3 Å². The van der Waals surface area contributed by atoms with Crippen LogP contribution in [0.5, 0.6) is 0 Å². The van der Waals surface area contributed by atoms with E-state index in [4.69, 9.17) is 0 Å². The number of rotatable bonds is 4. The Labute approximate surface area is 122 Å². The lowest BCUT2D eigenvalue weighted by atomic mass is 9.90. The average molecular weight is 283 g/mol. The minimum atomic E-state index is 0.412. The highest BCUT2D eigenvalue weighted by Gasteiger charge is 2.26. The van der Waals surface area contributed by atoms with Crippen LogP contribution in [0.3, 0.4) is 0 Å². The van der Waals surface area contributed by atoms with Crippen molar-refractivity contribution >= 4 is 16.9 Å². The summed E-state index contributed by atoms with van der Waals surface area (Å²) in [5.41, 5.74) is 0.412. The van der Waals surface area contributed by atoms with E-state index in [1.807, 2.05) is 11.8 Å². The quantitative estimate of drug-likeness (QED) is 0.860. The maximum absolute atomic E-state index is 4.66. The smallest absolute Gasteiger partial charge is 0.156 e. The van der Waals surface area contributed by atoms with E-state index in [1.165, 1.54) is 37.6 Å². The minimum absolute atomic E-state index is 0.412. The number of nitrogens with zero attached hydrogens (tertiary/aromatic N) is 2. The Hall–Kier alpha value is -0.220. The van der Waals surface area contributed by atoms with E-state index >= 15 is 0 Å². The van der Waals surface area contributed by atoms with Crippen LogP contribution in [0.2, 0.25) is 0 Å². The van der Waals surface area contributed by atoms with Crippen LogP contribution in [0.15, 0.2) is 4.99 Å². The molecule has 3 nitrogen and oxygen atoms in total. The number of nitrogens with one attached hydrogen (secondary N) is 1. The molecule has 0 radical (unpaired) electrons. The van der Waals surface area contributed by atoms with Crippen LogP contribution in [0, 0.1) is 11.3 Å². The summed E-state index contributed by atoms with van der Waals surface area (Å²) in [5, 5.41) is 5.43. The van der Waals surface area contributed by atoms with Crippen LogP contribution in [-0.2, 0) is 0 Å². The van der Waals surface area contributed by atoms with Gasteiger partial charge in [0.1, 0.15) is 0 Å². The Morgan fingerprint density at radius 1 is 1.42 bits per heavy atom. The van der Waals surface area contributed by atoms with E-state index in [2.05, 4.69) is 42.9 Å². The Balaban J connectivity index is 1.65.